The second-order valence-corrected chi connectivity index (χ2v) is 7.74. The molecule has 24 heavy (non-hydrogen) atoms. The maximum atomic E-state index is 12.5. The van der Waals surface area contributed by atoms with Gasteiger partial charge in [-0.15, -0.1) is 11.3 Å². The Labute approximate surface area is 148 Å². The van der Waals surface area contributed by atoms with Crippen molar-refractivity contribution < 1.29 is 9.59 Å². The smallest absolute Gasteiger partial charge is 0.318 e. The molecule has 0 unspecified atom stereocenters. The fourth-order valence-electron chi connectivity index (χ4n) is 3.66. The number of aryl methyl sites for hydroxylation is 1. The van der Waals surface area contributed by atoms with Gasteiger partial charge in [0, 0.05) is 30.6 Å². The zero-order valence-electron chi connectivity index (χ0n) is 14.2. The van der Waals surface area contributed by atoms with E-state index in [0.717, 1.165) is 58.2 Å². The molecule has 3 heterocycles. The largest absolute Gasteiger partial charge is 0.341 e. The highest BCUT2D eigenvalue weighted by atomic mass is 32.1. The van der Waals surface area contributed by atoms with Crippen LogP contribution in [0.3, 0.4) is 0 Å². The Bertz CT molecular complexity index is 540. The van der Waals surface area contributed by atoms with E-state index in [2.05, 4.69) is 22.8 Å². The number of nitrogens with zero attached hydrogens (tertiary/aromatic N) is 2. The molecule has 1 aromatic rings. The van der Waals surface area contributed by atoms with Gasteiger partial charge in [0.15, 0.2) is 0 Å². The van der Waals surface area contributed by atoms with Crippen molar-refractivity contribution >= 4 is 23.3 Å². The lowest BCUT2D eigenvalue weighted by Crippen LogP contribution is -2.50. The minimum absolute atomic E-state index is 0.0491. The Morgan fingerprint density at radius 2 is 1.96 bits per heavy atom. The van der Waals surface area contributed by atoms with Gasteiger partial charge in [0.1, 0.15) is 0 Å². The van der Waals surface area contributed by atoms with E-state index in [1.807, 2.05) is 9.80 Å². The van der Waals surface area contributed by atoms with E-state index in [-0.39, 0.29) is 18.5 Å². The topological polar surface area (TPSA) is 52.7 Å². The third kappa shape index (κ3) is 4.50. The van der Waals surface area contributed by atoms with Crippen LogP contribution in [0.25, 0.3) is 0 Å². The monoisotopic (exact) mass is 349 g/mol. The van der Waals surface area contributed by atoms with E-state index >= 15 is 0 Å². The van der Waals surface area contributed by atoms with Crippen molar-refractivity contribution in [1.29, 1.82) is 0 Å². The molecule has 0 bridgehead atoms. The van der Waals surface area contributed by atoms with Crippen LogP contribution < -0.4 is 5.32 Å². The average Bonchev–Trinajstić information content (AvgIpc) is 3.31. The molecule has 6 heteroatoms. The van der Waals surface area contributed by atoms with Crippen LogP contribution in [0.15, 0.2) is 17.5 Å². The Morgan fingerprint density at radius 3 is 2.71 bits per heavy atom. The summed E-state index contributed by atoms with van der Waals surface area (Å²) < 4.78 is 0. The quantitative estimate of drug-likeness (QED) is 0.889. The first-order chi connectivity index (χ1) is 11.7. The number of urea groups is 1. The number of hydrogen-bond acceptors (Lipinski definition) is 3. The molecule has 132 valence electrons. The Hall–Kier alpha value is -1.56. The molecular formula is C18H27N3O2S. The molecule has 1 aromatic heterocycles. The minimum atomic E-state index is -0.0709. The van der Waals surface area contributed by atoms with Crippen LogP contribution in [0.5, 0.6) is 0 Å². The standard InChI is InChI=1S/C18H27N3O2S/c22-17(20-10-3-4-11-20)14-19-18(23)21-12-2-1-6-15(21)8-9-16-7-5-13-24-16/h5,7,13,15H,1-4,6,8-12,14H2,(H,19,23)/t15-/m1/s1. The van der Waals surface area contributed by atoms with Crippen molar-refractivity contribution in [2.24, 2.45) is 0 Å². The Kier molecular flexibility index (Phi) is 6.12. The molecule has 3 amide bonds. The second kappa shape index (κ2) is 8.51. The van der Waals surface area contributed by atoms with Crippen LogP contribution in [0.2, 0.25) is 0 Å². The van der Waals surface area contributed by atoms with Gasteiger partial charge in [-0.1, -0.05) is 6.07 Å². The molecule has 0 spiro atoms. The van der Waals surface area contributed by atoms with Crippen LogP contribution in [0.1, 0.15) is 43.4 Å². The van der Waals surface area contributed by atoms with Crippen molar-refractivity contribution in [2.75, 3.05) is 26.2 Å². The van der Waals surface area contributed by atoms with E-state index in [1.54, 1.807) is 11.3 Å². The molecule has 0 radical (unpaired) electrons. The van der Waals surface area contributed by atoms with Crippen LogP contribution >= 0.6 is 11.3 Å². The summed E-state index contributed by atoms with van der Waals surface area (Å²) in [5, 5.41) is 4.95. The lowest BCUT2D eigenvalue weighted by molar-refractivity contribution is -0.129. The molecule has 2 aliphatic rings. The average molecular weight is 350 g/mol. The first-order valence-electron chi connectivity index (χ1n) is 9.08. The molecule has 2 aliphatic heterocycles. The molecule has 2 saturated heterocycles. The summed E-state index contributed by atoms with van der Waals surface area (Å²) in [5.41, 5.74) is 0. The summed E-state index contributed by atoms with van der Waals surface area (Å²) >= 11 is 1.78. The number of nitrogens with one attached hydrogen (secondary N) is 1. The summed E-state index contributed by atoms with van der Waals surface area (Å²) in [6.07, 6.45) is 7.51. The third-order valence-corrected chi connectivity index (χ3v) is 5.98. The van der Waals surface area contributed by atoms with Gasteiger partial charge in [0.2, 0.25) is 5.91 Å². The number of likely N-dealkylation sites (tertiary alicyclic amines) is 2. The minimum Gasteiger partial charge on any atom is -0.341 e. The molecule has 0 saturated carbocycles. The van der Waals surface area contributed by atoms with E-state index in [1.165, 1.54) is 11.3 Å². The molecular weight excluding hydrogens is 322 g/mol. The number of carbonyl (C=O) groups excluding carboxylic acids is 2. The highest BCUT2D eigenvalue weighted by molar-refractivity contribution is 7.09. The van der Waals surface area contributed by atoms with Gasteiger partial charge in [-0.25, -0.2) is 4.79 Å². The van der Waals surface area contributed by atoms with Gasteiger partial charge in [0.05, 0.1) is 6.54 Å². The van der Waals surface area contributed by atoms with E-state index in [0.29, 0.717) is 6.04 Å². The van der Waals surface area contributed by atoms with Crippen LogP contribution in [0.4, 0.5) is 4.79 Å². The van der Waals surface area contributed by atoms with Crippen molar-refractivity contribution in [3.63, 3.8) is 0 Å². The number of thiophene rings is 1. The van der Waals surface area contributed by atoms with Gasteiger partial charge in [-0.2, -0.15) is 0 Å². The summed E-state index contributed by atoms with van der Waals surface area (Å²) in [4.78, 5) is 29.8. The molecule has 1 N–H and O–H groups in total. The van der Waals surface area contributed by atoms with Crippen molar-refractivity contribution in [3.8, 4) is 0 Å². The van der Waals surface area contributed by atoms with Crippen molar-refractivity contribution in [1.82, 2.24) is 15.1 Å². The first-order valence-corrected chi connectivity index (χ1v) is 9.96. The van der Waals surface area contributed by atoms with Gasteiger partial charge in [-0.3, -0.25) is 4.79 Å². The maximum Gasteiger partial charge on any atom is 0.318 e. The fourth-order valence-corrected chi connectivity index (χ4v) is 4.39. The lowest BCUT2D eigenvalue weighted by Gasteiger charge is -2.36. The highest BCUT2D eigenvalue weighted by Crippen LogP contribution is 2.22. The van der Waals surface area contributed by atoms with Gasteiger partial charge >= 0.3 is 6.03 Å². The zero-order valence-corrected chi connectivity index (χ0v) is 15.0. The summed E-state index contributed by atoms with van der Waals surface area (Å²) in [6, 6.07) is 4.46. The molecule has 1 atom stereocenters. The second-order valence-electron chi connectivity index (χ2n) is 6.71. The number of hydrogen-bond donors (Lipinski definition) is 1. The Balaban J connectivity index is 1.48. The lowest BCUT2D eigenvalue weighted by atomic mass is 9.98. The zero-order chi connectivity index (χ0) is 16.8. The molecule has 2 fully saturated rings. The Morgan fingerprint density at radius 1 is 1.17 bits per heavy atom. The number of amides is 3. The van der Waals surface area contributed by atoms with E-state index in [9.17, 15) is 9.59 Å². The number of piperidine rings is 1. The van der Waals surface area contributed by atoms with Crippen molar-refractivity contribution in [3.05, 3.63) is 22.4 Å². The predicted molar refractivity (Wildman–Crippen MR) is 96.2 cm³/mol. The predicted octanol–water partition coefficient (Wildman–Crippen LogP) is 2.87. The number of rotatable bonds is 5. The SMILES string of the molecule is O=C(CNC(=O)N1CCCC[C@@H]1CCc1cccs1)N1CCCC1. The maximum absolute atomic E-state index is 12.5. The first kappa shape index (κ1) is 17.3. The van der Waals surface area contributed by atoms with Gasteiger partial charge in [-0.05, 0) is 56.4 Å². The van der Waals surface area contributed by atoms with Crippen LogP contribution in [-0.4, -0.2) is 54.0 Å². The third-order valence-electron chi connectivity index (χ3n) is 5.04. The fraction of sp³-hybridized carbons (Fsp3) is 0.667. The van der Waals surface area contributed by atoms with Gasteiger partial charge in [0.25, 0.3) is 0 Å². The van der Waals surface area contributed by atoms with Crippen LogP contribution in [0, 0.1) is 0 Å². The van der Waals surface area contributed by atoms with Crippen LogP contribution in [-0.2, 0) is 11.2 Å². The molecule has 0 aromatic carbocycles. The summed E-state index contributed by atoms with van der Waals surface area (Å²) in [6.45, 7) is 2.61. The number of carbonyl (C=O) groups is 2. The van der Waals surface area contributed by atoms with Gasteiger partial charge < -0.3 is 15.1 Å². The van der Waals surface area contributed by atoms with E-state index in [4.69, 9.17) is 0 Å². The summed E-state index contributed by atoms with van der Waals surface area (Å²) in [7, 11) is 0. The molecule has 3 rings (SSSR count). The molecule has 5 nitrogen and oxygen atoms in total. The van der Waals surface area contributed by atoms with Crippen molar-refractivity contribution in [2.45, 2.75) is 51.0 Å². The summed E-state index contributed by atoms with van der Waals surface area (Å²) in [5.74, 6) is 0.0491. The normalized spacial score (nSPS) is 21.1. The van der Waals surface area contributed by atoms with E-state index < -0.39 is 0 Å². The molecule has 0 aliphatic carbocycles. The highest BCUT2D eigenvalue weighted by Gasteiger charge is 2.27.